The molecule has 6 heteroatoms. The molecule has 1 aromatic carbocycles. The molecule has 1 N–H and O–H groups in total. The molecule has 1 rings (SSSR count). The average molecular weight is 257 g/mol. The normalized spacial score (nSPS) is 9.43. The second-order valence-electron chi connectivity index (χ2n) is 2.50. The van der Waals surface area contributed by atoms with Crippen molar-refractivity contribution in [3.63, 3.8) is 0 Å². The number of nitro benzene ring substituents is 1. The van der Waals surface area contributed by atoms with E-state index in [-0.39, 0.29) is 16.5 Å². The quantitative estimate of drug-likeness (QED) is 0.649. The van der Waals surface area contributed by atoms with Crippen LogP contribution in [-0.4, -0.2) is 10.0 Å². The van der Waals surface area contributed by atoms with E-state index in [4.69, 9.17) is 5.26 Å². The summed E-state index contributed by atoms with van der Waals surface area (Å²) < 4.78 is 0.196. The van der Waals surface area contributed by atoms with E-state index in [0.29, 0.717) is 0 Å². The number of halogens is 1. The molecule has 5 nitrogen and oxygen atoms in total. The van der Waals surface area contributed by atoms with Gasteiger partial charge in [-0.3, -0.25) is 10.1 Å². The van der Waals surface area contributed by atoms with Crippen LogP contribution in [0.25, 0.3) is 0 Å². The summed E-state index contributed by atoms with van der Waals surface area (Å²) in [6.07, 6.45) is -0.0556. The molecule has 0 aliphatic heterocycles. The highest BCUT2D eigenvalue weighted by atomic mass is 79.9. The van der Waals surface area contributed by atoms with Crippen molar-refractivity contribution >= 4 is 21.6 Å². The van der Waals surface area contributed by atoms with Gasteiger partial charge in [0.1, 0.15) is 0 Å². The average Bonchev–Trinajstić information content (AvgIpc) is 2.10. The molecule has 0 aliphatic rings. The zero-order chi connectivity index (χ0) is 10.7. The maximum absolute atomic E-state index is 10.5. The Kier molecular flexibility index (Phi) is 3.04. The van der Waals surface area contributed by atoms with E-state index in [2.05, 4.69) is 15.9 Å². The Hall–Kier alpha value is -1.61. The topological polar surface area (TPSA) is 87.2 Å². The first-order chi connectivity index (χ1) is 6.57. The summed E-state index contributed by atoms with van der Waals surface area (Å²) in [5.41, 5.74) is -0.153. The molecule has 14 heavy (non-hydrogen) atoms. The van der Waals surface area contributed by atoms with Gasteiger partial charge in [0.25, 0.3) is 0 Å². The minimum absolute atomic E-state index is 0.0556. The molecule has 0 aliphatic carbocycles. The van der Waals surface area contributed by atoms with Crippen LogP contribution in [0, 0.1) is 21.4 Å². The molecule has 0 unspecified atom stereocenters. The van der Waals surface area contributed by atoms with Crippen molar-refractivity contribution in [1.82, 2.24) is 0 Å². The van der Waals surface area contributed by atoms with Crippen molar-refractivity contribution < 1.29 is 10.0 Å². The van der Waals surface area contributed by atoms with E-state index < -0.39 is 16.4 Å². The molecule has 0 spiro atoms. The van der Waals surface area contributed by atoms with Gasteiger partial charge in [-0.2, -0.15) is 5.26 Å². The van der Waals surface area contributed by atoms with E-state index in [9.17, 15) is 15.2 Å². The van der Waals surface area contributed by atoms with Crippen LogP contribution in [0.4, 0.5) is 5.69 Å². The van der Waals surface area contributed by atoms with E-state index in [0.717, 1.165) is 0 Å². The Morgan fingerprint density at radius 1 is 1.64 bits per heavy atom. The smallest absolute Gasteiger partial charge is 0.325 e. The Bertz CT molecular complexity index is 425. The Morgan fingerprint density at radius 3 is 2.79 bits per heavy atom. The molecule has 1 aromatic rings. The highest BCUT2D eigenvalue weighted by Crippen LogP contribution is 2.36. The lowest BCUT2D eigenvalue weighted by Gasteiger charge is -2.02. The molecule has 0 fully saturated rings. The van der Waals surface area contributed by atoms with Crippen LogP contribution in [0.1, 0.15) is 5.56 Å². The molecule has 0 amide bonds. The van der Waals surface area contributed by atoms with E-state index in [1.807, 2.05) is 6.07 Å². The second-order valence-corrected chi connectivity index (χ2v) is 3.35. The second kappa shape index (κ2) is 4.07. The van der Waals surface area contributed by atoms with Crippen molar-refractivity contribution in [2.75, 3.05) is 0 Å². The lowest BCUT2D eigenvalue weighted by molar-refractivity contribution is -0.386. The minimum Gasteiger partial charge on any atom is -0.502 e. The Morgan fingerprint density at radius 2 is 2.29 bits per heavy atom. The van der Waals surface area contributed by atoms with Gasteiger partial charge in [0, 0.05) is 5.56 Å². The SMILES string of the molecule is N#CCc1ccc(Br)c([N+](=O)[O-])c1O. The summed E-state index contributed by atoms with van der Waals surface area (Å²) >= 11 is 2.95. The fraction of sp³-hybridized carbons (Fsp3) is 0.125. The van der Waals surface area contributed by atoms with Gasteiger partial charge >= 0.3 is 5.69 Å². The number of nitro groups is 1. The third-order valence-electron chi connectivity index (χ3n) is 1.64. The largest absolute Gasteiger partial charge is 0.502 e. The molecule has 0 atom stereocenters. The number of nitrogens with zero attached hydrogens (tertiary/aromatic N) is 2. The van der Waals surface area contributed by atoms with Crippen molar-refractivity contribution in [1.29, 1.82) is 5.26 Å². The van der Waals surface area contributed by atoms with Crippen molar-refractivity contribution in [2.24, 2.45) is 0 Å². The number of aromatic hydroxyl groups is 1. The number of hydrogen-bond donors (Lipinski definition) is 1. The highest BCUT2D eigenvalue weighted by Gasteiger charge is 2.20. The van der Waals surface area contributed by atoms with Gasteiger partial charge in [-0.1, -0.05) is 6.07 Å². The molecule has 0 saturated heterocycles. The first-order valence-corrected chi connectivity index (χ1v) is 4.39. The molecule has 0 saturated carbocycles. The van der Waals surface area contributed by atoms with Crippen LogP contribution in [-0.2, 0) is 6.42 Å². The highest BCUT2D eigenvalue weighted by molar-refractivity contribution is 9.10. The van der Waals surface area contributed by atoms with Crippen LogP contribution in [0.3, 0.4) is 0 Å². The van der Waals surface area contributed by atoms with Crippen LogP contribution in [0.2, 0.25) is 0 Å². The van der Waals surface area contributed by atoms with Gasteiger partial charge in [0.15, 0.2) is 5.75 Å². The molecule has 0 aromatic heterocycles. The molecule has 0 bridgehead atoms. The predicted molar refractivity (Wildman–Crippen MR) is 51.8 cm³/mol. The fourth-order valence-corrected chi connectivity index (χ4v) is 1.46. The van der Waals surface area contributed by atoms with E-state index >= 15 is 0 Å². The Labute approximate surface area is 87.9 Å². The zero-order valence-electron chi connectivity index (χ0n) is 6.90. The van der Waals surface area contributed by atoms with E-state index in [1.165, 1.54) is 12.1 Å². The summed E-state index contributed by atoms with van der Waals surface area (Å²) in [5.74, 6) is -0.453. The van der Waals surface area contributed by atoms with Crippen molar-refractivity contribution in [2.45, 2.75) is 6.42 Å². The van der Waals surface area contributed by atoms with Crippen LogP contribution in [0.5, 0.6) is 5.75 Å². The number of rotatable bonds is 2. The van der Waals surface area contributed by atoms with Gasteiger partial charge in [-0.15, -0.1) is 0 Å². The molecule has 0 radical (unpaired) electrons. The van der Waals surface area contributed by atoms with Crippen molar-refractivity contribution in [3.8, 4) is 11.8 Å². The predicted octanol–water partition coefficient (Wildman–Crippen LogP) is 2.13. The summed E-state index contributed by atoms with van der Waals surface area (Å²) in [7, 11) is 0. The van der Waals surface area contributed by atoms with Gasteiger partial charge in [-0.25, -0.2) is 0 Å². The Balaban J connectivity index is 3.35. The summed E-state index contributed by atoms with van der Waals surface area (Å²) in [6.45, 7) is 0. The lowest BCUT2D eigenvalue weighted by Crippen LogP contribution is -1.93. The van der Waals surface area contributed by atoms with Crippen LogP contribution >= 0.6 is 15.9 Å². The van der Waals surface area contributed by atoms with E-state index in [1.54, 1.807) is 0 Å². The number of phenolic OH excluding ortho intramolecular Hbond substituents is 1. The minimum atomic E-state index is -0.694. The first kappa shape index (κ1) is 10.5. The number of phenols is 1. The lowest BCUT2D eigenvalue weighted by atomic mass is 10.1. The van der Waals surface area contributed by atoms with Crippen molar-refractivity contribution in [3.05, 3.63) is 32.3 Å². The number of hydrogen-bond acceptors (Lipinski definition) is 4. The fourth-order valence-electron chi connectivity index (χ4n) is 0.998. The van der Waals surface area contributed by atoms with Gasteiger partial charge < -0.3 is 5.11 Å². The molecular weight excluding hydrogens is 252 g/mol. The summed E-state index contributed by atoms with van der Waals surface area (Å²) in [6, 6.07) is 4.72. The maximum atomic E-state index is 10.5. The first-order valence-electron chi connectivity index (χ1n) is 3.59. The molecular formula is C8H5BrN2O3. The molecule has 72 valence electrons. The standard InChI is InChI=1S/C8H5BrN2O3/c9-6-2-1-5(3-4-10)8(12)7(6)11(13)14/h1-2,12H,3H2. The number of benzene rings is 1. The monoisotopic (exact) mass is 256 g/mol. The summed E-state index contributed by atoms with van der Waals surface area (Å²) in [5, 5.41) is 28.4. The van der Waals surface area contributed by atoms with Crippen LogP contribution in [0.15, 0.2) is 16.6 Å². The summed E-state index contributed by atoms with van der Waals surface area (Å²) in [4.78, 5) is 9.84. The molecule has 0 heterocycles. The third kappa shape index (κ3) is 1.83. The van der Waals surface area contributed by atoms with Gasteiger partial charge in [-0.05, 0) is 22.0 Å². The van der Waals surface area contributed by atoms with Gasteiger partial charge in [0.2, 0.25) is 0 Å². The van der Waals surface area contributed by atoms with Crippen LogP contribution < -0.4 is 0 Å². The zero-order valence-corrected chi connectivity index (χ0v) is 8.48. The number of nitriles is 1. The maximum Gasteiger partial charge on any atom is 0.325 e. The third-order valence-corrected chi connectivity index (χ3v) is 2.28. The van der Waals surface area contributed by atoms with Gasteiger partial charge in [0.05, 0.1) is 21.9 Å².